The number of benzene rings is 6. The van der Waals surface area contributed by atoms with Crippen LogP contribution in [0, 0.1) is 0 Å². The maximum atomic E-state index is 4.33. The highest BCUT2D eigenvalue weighted by Gasteiger charge is 2.14. The first-order chi connectivity index (χ1) is 21.7. The summed E-state index contributed by atoms with van der Waals surface area (Å²) in [5, 5.41) is 2.67. The van der Waals surface area contributed by atoms with E-state index < -0.39 is 0 Å². The average molecular weight is 579 g/mol. The molecule has 0 saturated heterocycles. The minimum Gasteiger partial charge on any atom is -0.135 e. The summed E-state index contributed by atoms with van der Waals surface area (Å²) in [5.74, 6) is 0. The van der Waals surface area contributed by atoms with Gasteiger partial charge in [-0.15, -0.1) is 11.3 Å². The second kappa shape index (κ2) is 11.1. The van der Waals surface area contributed by atoms with Gasteiger partial charge in [-0.2, -0.15) is 0 Å². The molecular weight excluding hydrogens is 549 g/mol. The van der Waals surface area contributed by atoms with Gasteiger partial charge in [0.1, 0.15) is 0 Å². The van der Waals surface area contributed by atoms with Crippen LogP contribution in [0.4, 0.5) is 0 Å². The van der Waals surface area contributed by atoms with Crippen LogP contribution in [-0.4, -0.2) is 0 Å². The minimum atomic E-state index is 0.877. The highest BCUT2D eigenvalue weighted by atomic mass is 32.1. The highest BCUT2D eigenvalue weighted by Crippen LogP contribution is 2.40. The molecule has 1 aliphatic rings. The van der Waals surface area contributed by atoms with Crippen LogP contribution in [0.2, 0.25) is 0 Å². The van der Waals surface area contributed by atoms with Crippen LogP contribution in [-0.2, 0) is 6.42 Å². The molecule has 1 aromatic heterocycles. The maximum Gasteiger partial charge on any atom is 0.0433 e. The molecule has 0 aliphatic heterocycles. The summed E-state index contributed by atoms with van der Waals surface area (Å²) in [4.78, 5) is 0. The van der Waals surface area contributed by atoms with Crippen molar-refractivity contribution in [1.29, 1.82) is 0 Å². The topological polar surface area (TPSA) is 0 Å². The van der Waals surface area contributed by atoms with Crippen LogP contribution in [0.25, 0.3) is 70.3 Å². The van der Waals surface area contributed by atoms with Crippen molar-refractivity contribution in [1.82, 2.24) is 0 Å². The Bertz CT molecular complexity index is 2260. The Hall–Kier alpha value is -5.24. The first-order valence-corrected chi connectivity index (χ1v) is 15.9. The second-order valence-electron chi connectivity index (χ2n) is 11.4. The fourth-order valence-corrected chi connectivity index (χ4v) is 7.67. The van der Waals surface area contributed by atoms with Crippen LogP contribution in [0.15, 0.2) is 164 Å². The van der Waals surface area contributed by atoms with E-state index in [0.717, 1.165) is 12.0 Å². The van der Waals surface area contributed by atoms with Crippen molar-refractivity contribution in [3.05, 3.63) is 175 Å². The number of hydrogen-bond acceptors (Lipinski definition) is 1. The standard InChI is InChI=1S/C43H30S/c1-29-11-3-2-4-12-35-28-34(25-26-37(35)39-16-6-5-15-36(29)39)33-14-9-13-32(27-33)30-21-23-31(24-22-30)38-18-10-19-41-40-17-7-8-20-42(40)44-43(38)41/h2-11,13-28H,1,12H2/b4-2-,11-3-. The van der Waals surface area contributed by atoms with Crippen LogP contribution in [0.3, 0.4) is 0 Å². The molecule has 0 atom stereocenters. The summed E-state index contributed by atoms with van der Waals surface area (Å²) in [6, 6.07) is 48.8. The second-order valence-corrected chi connectivity index (χ2v) is 12.4. The molecule has 0 amide bonds. The SMILES string of the molecule is C=C1/C=C\C=C/Cc2cc(-c3cccc(-c4ccc(-c5cccc6c5sc5ccccc56)cc4)c3)ccc2-c2ccccc21. The van der Waals surface area contributed by atoms with Crippen LogP contribution < -0.4 is 0 Å². The molecule has 0 saturated carbocycles. The Morgan fingerprint density at radius 2 is 1.14 bits per heavy atom. The van der Waals surface area contributed by atoms with Gasteiger partial charge in [-0.25, -0.2) is 0 Å². The highest BCUT2D eigenvalue weighted by molar-refractivity contribution is 7.26. The molecule has 7 aromatic rings. The van der Waals surface area contributed by atoms with Crippen molar-refractivity contribution >= 4 is 37.1 Å². The number of allylic oxidation sites excluding steroid dienone is 5. The fourth-order valence-electron chi connectivity index (χ4n) is 6.43. The van der Waals surface area contributed by atoms with E-state index in [4.69, 9.17) is 0 Å². The van der Waals surface area contributed by atoms with Crippen molar-refractivity contribution in [2.75, 3.05) is 0 Å². The normalized spacial score (nSPS) is 14.2. The Labute approximate surface area is 262 Å². The smallest absolute Gasteiger partial charge is 0.0433 e. The van der Waals surface area contributed by atoms with Gasteiger partial charge >= 0.3 is 0 Å². The summed E-state index contributed by atoms with van der Waals surface area (Å²) >= 11 is 1.88. The van der Waals surface area contributed by atoms with E-state index in [9.17, 15) is 0 Å². The van der Waals surface area contributed by atoms with Gasteiger partial charge in [0.15, 0.2) is 0 Å². The van der Waals surface area contributed by atoms with E-state index in [1.165, 1.54) is 75.8 Å². The predicted octanol–water partition coefficient (Wildman–Crippen LogP) is 12.4. The molecule has 0 unspecified atom stereocenters. The van der Waals surface area contributed by atoms with Gasteiger partial charge in [-0.1, -0.05) is 152 Å². The molecule has 44 heavy (non-hydrogen) atoms. The van der Waals surface area contributed by atoms with Gasteiger partial charge in [0, 0.05) is 20.2 Å². The summed E-state index contributed by atoms with van der Waals surface area (Å²) in [5.41, 5.74) is 13.5. The molecular formula is C43H30S. The average Bonchev–Trinajstić information content (AvgIpc) is 3.47. The number of thiophene rings is 1. The quantitative estimate of drug-likeness (QED) is 0.196. The molecule has 0 bridgehead atoms. The third kappa shape index (κ3) is 4.72. The number of fused-ring (bicyclic) bond motifs is 6. The Morgan fingerprint density at radius 1 is 0.477 bits per heavy atom. The van der Waals surface area contributed by atoms with Crippen molar-refractivity contribution in [2.24, 2.45) is 0 Å². The molecule has 0 N–H and O–H groups in total. The lowest BCUT2D eigenvalue weighted by molar-refractivity contribution is 1.27. The van der Waals surface area contributed by atoms with E-state index in [0.29, 0.717) is 0 Å². The number of hydrogen-bond donors (Lipinski definition) is 0. The van der Waals surface area contributed by atoms with Crippen molar-refractivity contribution in [3.8, 4) is 44.5 Å². The van der Waals surface area contributed by atoms with Gasteiger partial charge in [0.25, 0.3) is 0 Å². The Kier molecular flexibility index (Phi) is 6.67. The predicted molar refractivity (Wildman–Crippen MR) is 192 cm³/mol. The molecule has 6 aromatic carbocycles. The molecule has 208 valence electrons. The molecule has 0 nitrogen and oxygen atoms in total. The lowest BCUT2D eigenvalue weighted by Crippen LogP contribution is -1.94. The van der Waals surface area contributed by atoms with Crippen LogP contribution >= 0.6 is 11.3 Å². The largest absolute Gasteiger partial charge is 0.135 e. The van der Waals surface area contributed by atoms with E-state index in [1.807, 2.05) is 11.3 Å². The molecule has 0 fully saturated rings. The third-order valence-corrected chi connectivity index (χ3v) is 9.90. The lowest BCUT2D eigenvalue weighted by atomic mass is 9.88. The maximum absolute atomic E-state index is 4.33. The summed E-state index contributed by atoms with van der Waals surface area (Å²) in [6.07, 6.45) is 9.42. The van der Waals surface area contributed by atoms with E-state index >= 15 is 0 Å². The molecule has 1 heterocycles. The van der Waals surface area contributed by atoms with Gasteiger partial charge < -0.3 is 0 Å². The fraction of sp³-hybridized carbons (Fsp3) is 0.0233. The van der Waals surface area contributed by atoms with Crippen molar-refractivity contribution < 1.29 is 0 Å². The van der Waals surface area contributed by atoms with Crippen LogP contribution in [0.1, 0.15) is 11.1 Å². The van der Waals surface area contributed by atoms with E-state index in [1.54, 1.807) is 0 Å². The van der Waals surface area contributed by atoms with Crippen LogP contribution in [0.5, 0.6) is 0 Å². The number of rotatable bonds is 3. The summed E-state index contributed by atoms with van der Waals surface area (Å²) in [6.45, 7) is 4.33. The summed E-state index contributed by atoms with van der Waals surface area (Å²) in [7, 11) is 0. The molecule has 8 rings (SSSR count). The Balaban J connectivity index is 1.14. The molecule has 1 heteroatoms. The lowest BCUT2D eigenvalue weighted by Gasteiger charge is -2.16. The zero-order chi connectivity index (χ0) is 29.5. The first-order valence-electron chi connectivity index (χ1n) is 15.1. The minimum absolute atomic E-state index is 0.877. The van der Waals surface area contributed by atoms with Gasteiger partial charge in [-0.05, 0) is 79.8 Å². The van der Waals surface area contributed by atoms with Crippen molar-refractivity contribution in [3.63, 3.8) is 0 Å². The third-order valence-electron chi connectivity index (χ3n) is 8.68. The molecule has 0 spiro atoms. The van der Waals surface area contributed by atoms with Gasteiger partial charge in [-0.3, -0.25) is 0 Å². The first kappa shape index (κ1) is 26.4. The zero-order valence-corrected chi connectivity index (χ0v) is 25.2. The van der Waals surface area contributed by atoms with Gasteiger partial charge in [0.05, 0.1) is 0 Å². The zero-order valence-electron chi connectivity index (χ0n) is 24.3. The van der Waals surface area contributed by atoms with Gasteiger partial charge in [0.2, 0.25) is 0 Å². The Morgan fingerprint density at radius 3 is 2.02 bits per heavy atom. The molecule has 0 radical (unpaired) electrons. The monoisotopic (exact) mass is 578 g/mol. The molecule has 1 aliphatic carbocycles. The van der Waals surface area contributed by atoms with Crippen molar-refractivity contribution in [2.45, 2.75) is 6.42 Å². The van der Waals surface area contributed by atoms with E-state index in [2.05, 4.69) is 164 Å². The van der Waals surface area contributed by atoms with E-state index in [-0.39, 0.29) is 0 Å². The summed E-state index contributed by atoms with van der Waals surface area (Å²) < 4.78 is 2.69.